The predicted octanol–water partition coefficient (Wildman–Crippen LogP) is 4.17. The van der Waals surface area contributed by atoms with Crippen molar-refractivity contribution in [1.29, 1.82) is 0 Å². The van der Waals surface area contributed by atoms with Gasteiger partial charge in [0.2, 0.25) is 0 Å². The summed E-state index contributed by atoms with van der Waals surface area (Å²) in [4.78, 5) is 6.96. The lowest BCUT2D eigenvalue weighted by atomic mass is 10.1. The van der Waals surface area contributed by atoms with Crippen molar-refractivity contribution in [2.75, 3.05) is 0 Å². The average molecular weight is 346 g/mol. The maximum atomic E-state index is 5.02. The molecule has 1 aliphatic rings. The summed E-state index contributed by atoms with van der Waals surface area (Å²) in [6, 6.07) is 17.1. The summed E-state index contributed by atoms with van der Waals surface area (Å²) in [7, 11) is 0. The van der Waals surface area contributed by atoms with E-state index in [1.807, 2.05) is 12.3 Å². The second-order valence-electron chi connectivity index (χ2n) is 7.29. The molecule has 134 valence electrons. The van der Waals surface area contributed by atoms with Gasteiger partial charge in [0.1, 0.15) is 0 Å². The minimum Gasteiger partial charge on any atom is -0.289 e. The first-order valence-corrected chi connectivity index (χ1v) is 9.51. The van der Waals surface area contributed by atoms with Gasteiger partial charge in [-0.25, -0.2) is 4.68 Å². The van der Waals surface area contributed by atoms with E-state index < -0.39 is 0 Å². The maximum Gasteiger partial charge on any atom is 0.0804 e. The van der Waals surface area contributed by atoms with Gasteiger partial charge in [0.15, 0.2) is 0 Å². The molecule has 4 nitrogen and oxygen atoms in total. The highest BCUT2D eigenvalue weighted by molar-refractivity contribution is 5.39. The normalized spacial score (nSPS) is 13.5. The summed E-state index contributed by atoms with van der Waals surface area (Å²) in [6.07, 6.45) is 5.37. The maximum absolute atomic E-state index is 5.02. The highest BCUT2D eigenvalue weighted by Crippen LogP contribution is 2.29. The highest BCUT2D eigenvalue weighted by atomic mass is 15.3. The second-order valence-corrected chi connectivity index (χ2v) is 7.29. The van der Waals surface area contributed by atoms with Crippen LogP contribution in [-0.4, -0.2) is 25.7 Å². The van der Waals surface area contributed by atoms with Crippen LogP contribution in [0.3, 0.4) is 0 Å². The van der Waals surface area contributed by atoms with E-state index >= 15 is 0 Å². The quantitative estimate of drug-likeness (QED) is 0.672. The molecule has 2 heterocycles. The molecule has 0 radical (unpaired) electrons. The molecule has 1 aliphatic carbocycles. The fourth-order valence-electron chi connectivity index (χ4n) is 3.74. The molecule has 0 saturated carbocycles. The monoisotopic (exact) mass is 346 g/mol. The third-order valence-corrected chi connectivity index (χ3v) is 5.19. The zero-order valence-corrected chi connectivity index (χ0v) is 15.6. The zero-order chi connectivity index (χ0) is 17.9. The molecule has 1 aromatic carbocycles. The first kappa shape index (κ1) is 17.0. The molecule has 26 heavy (non-hydrogen) atoms. The molecule has 0 atom stereocenters. The number of benzene rings is 1. The highest BCUT2D eigenvalue weighted by Gasteiger charge is 2.25. The Hall–Kier alpha value is -2.46. The number of pyridine rings is 1. The van der Waals surface area contributed by atoms with Gasteiger partial charge in [-0.05, 0) is 62.9 Å². The van der Waals surface area contributed by atoms with Crippen molar-refractivity contribution in [3.05, 3.63) is 77.4 Å². The van der Waals surface area contributed by atoms with Crippen molar-refractivity contribution in [2.45, 2.75) is 52.2 Å². The van der Waals surface area contributed by atoms with Crippen LogP contribution in [0.5, 0.6) is 0 Å². The Morgan fingerprint density at radius 1 is 1.00 bits per heavy atom. The third-order valence-electron chi connectivity index (χ3n) is 5.19. The van der Waals surface area contributed by atoms with Crippen LogP contribution in [0.25, 0.3) is 5.69 Å². The van der Waals surface area contributed by atoms with Gasteiger partial charge in [-0.2, -0.15) is 5.10 Å². The molecule has 4 rings (SSSR count). The minimum atomic E-state index is 0.441. The summed E-state index contributed by atoms with van der Waals surface area (Å²) in [5, 5.41) is 5.02. The summed E-state index contributed by atoms with van der Waals surface area (Å²) in [6.45, 7) is 6.22. The average Bonchev–Trinajstić information content (AvgIpc) is 3.26. The molecule has 0 bridgehead atoms. The molecule has 4 heteroatoms. The van der Waals surface area contributed by atoms with E-state index in [0.717, 1.165) is 37.3 Å². The summed E-state index contributed by atoms with van der Waals surface area (Å²) in [5.74, 6) is 0. The minimum absolute atomic E-state index is 0.441. The summed E-state index contributed by atoms with van der Waals surface area (Å²) >= 11 is 0. The molecular weight excluding hydrogens is 320 g/mol. The van der Waals surface area contributed by atoms with Gasteiger partial charge in [-0.1, -0.05) is 24.3 Å². The molecule has 0 spiro atoms. The van der Waals surface area contributed by atoms with Crippen LogP contribution in [0.1, 0.15) is 42.9 Å². The fourth-order valence-corrected chi connectivity index (χ4v) is 3.74. The smallest absolute Gasteiger partial charge is 0.0804 e. The van der Waals surface area contributed by atoms with Crippen molar-refractivity contribution in [3.8, 4) is 5.69 Å². The third kappa shape index (κ3) is 3.42. The van der Waals surface area contributed by atoms with E-state index in [0.29, 0.717) is 6.04 Å². The van der Waals surface area contributed by atoms with Gasteiger partial charge in [0.25, 0.3) is 0 Å². The van der Waals surface area contributed by atoms with Gasteiger partial charge in [-0.15, -0.1) is 0 Å². The Bertz CT molecular complexity index is 853. The number of rotatable bonds is 6. The molecule has 3 aromatic rings. The Labute approximate surface area is 155 Å². The van der Waals surface area contributed by atoms with E-state index in [1.165, 1.54) is 23.4 Å². The van der Waals surface area contributed by atoms with Crippen molar-refractivity contribution in [2.24, 2.45) is 0 Å². The van der Waals surface area contributed by atoms with Crippen LogP contribution in [0, 0.1) is 0 Å². The largest absolute Gasteiger partial charge is 0.289 e. The lowest BCUT2D eigenvalue weighted by Crippen LogP contribution is -2.30. The number of aromatic nitrogens is 3. The second kappa shape index (κ2) is 7.42. The van der Waals surface area contributed by atoms with Crippen molar-refractivity contribution in [1.82, 2.24) is 19.7 Å². The first-order chi connectivity index (χ1) is 12.7. The number of hydrogen-bond acceptors (Lipinski definition) is 3. The lowest BCUT2D eigenvalue weighted by molar-refractivity contribution is 0.198. The standard InChI is InChI=1S/C22H26N4/c1-17(2)25(15-18-9-6-7-14-23-18)16-21-20-12-8-13-22(20)26(24-21)19-10-4-3-5-11-19/h3-7,9-11,14,17H,8,12-13,15-16H2,1-2H3. The van der Waals surface area contributed by atoms with Crippen LogP contribution in [0.4, 0.5) is 0 Å². The van der Waals surface area contributed by atoms with Crippen molar-refractivity contribution in [3.63, 3.8) is 0 Å². The van der Waals surface area contributed by atoms with Crippen molar-refractivity contribution >= 4 is 0 Å². The van der Waals surface area contributed by atoms with E-state index in [-0.39, 0.29) is 0 Å². The van der Waals surface area contributed by atoms with Crippen LogP contribution < -0.4 is 0 Å². The number of fused-ring (bicyclic) bond motifs is 1. The van der Waals surface area contributed by atoms with Gasteiger partial charge < -0.3 is 0 Å². The summed E-state index contributed by atoms with van der Waals surface area (Å²) < 4.78 is 2.16. The fraction of sp³-hybridized carbons (Fsp3) is 0.364. The van der Waals surface area contributed by atoms with E-state index in [1.54, 1.807) is 0 Å². The number of para-hydroxylation sites is 1. The zero-order valence-electron chi connectivity index (χ0n) is 15.6. The molecule has 0 fully saturated rings. The molecule has 0 saturated heterocycles. The van der Waals surface area contributed by atoms with Gasteiger partial charge in [0.05, 0.1) is 17.1 Å². The van der Waals surface area contributed by atoms with E-state index in [2.05, 4.69) is 70.9 Å². The van der Waals surface area contributed by atoms with Gasteiger partial charge >= 0.3 is 0 Å². The number of nitrogens with zero attached hydrogens (tertiary/aromatic N) is 4. The predicted molar refractivity (Wildman–Crippen MR) is 104 cm³/mol. The SMILES string of the molecule is CC(C)N(Cc1ccccn1)Cc1nn(-c2ccccc2)c2c1CCC2. The van der Waals surface area contributed by atoms with Crippen LogP contribution >= 0.6 is 0 Å². The Morgan fingerprint density at radius 2 is 1.81 bits per heavy atom. The molecule has 0 amide bonds. The van der Waals surface area contributed by atoms with Crippen LogP contribution in [0.2, 0.25) is 0 Å². The Morgan fingerprint density at radius 3 is 2.54 bits per heavy atom. The molecule has 0 unspecified atom stereocenters. The van der Waals surface area contributed by atoms with E-state index in [9.17, 15) is 0 Å². The topological polar surface area (TPSA) is 34.0 Å². The van der Waals surface area contributed by atoms with Crippen LogP contribution in [0.15, 0.2) is 54.7 Å². The van der Waals surface area contributed by atoms with Gasteiger partial charge in [0, 0.05) is 31.0 Å². The summed E-state index contributed by atoms with van der Waals surface area (Å²) in [5.41, 5.74) is 6.36. The molecule has 2 aromatic heterocycles. The van der Waals surface area contributed by atoms with Crippen molar-refractivity contribution < 1.29 is 0 Å². The molecule has 0 aliphatic heterocycles. The lowest BCUT2D eigenvalue weighted by Gasteiger charge is -2.25. The molecule has 0 N–H and O–H groups in total. The first-order valence-electron chi connectivity index (χ1n) is 9.51. The number of hydrogen-bond donors (Lipinski definition) is 0. The molecular formula is C22H26N4. The van der Waals surface area contributed by atoms with E-state index in [4.69, 9.17) is 5.10 Å². The van der Waals surface area contributed by atoms with Crippen LogP contribution in [-0.2, 0) is 25.9 Å². The van der Waals surface area contributed by atoms with Gasteiger partial charge in [-0.3, -0.25) is 9.88 Å². The Balaban J connectivity index is 1.63. The Kier molecular flexibility index (Phi) is 4.85.